The van der Waals surface area contributed by atoms with Gasteiger partial charge in [0.25, 0.3) is 11.8 Å². The number of anilines is 1. The molecular weight excluding hydrogens is 598 g/mol. The highest BCUT2D eigenvalue weighted by Crippen LogP contribution is 2.36. The molecular formula is C30H27Cl2FN6O4. The van der Waals surface area contributed by atoms with E-state index < -0.39 is 23.8 Å². The van der Waals surface area contributed by atoms with Crippen molar-refractivity contribution in [3.8, 4) is 11.6 Å². The molecule has 2 N–H and O–H groups in total. The second-order valence-corrected chi connectivity index (χ2v) is 9.39. The smallest absolute Gasteiger partial charge is 0.269 e. The summed E-state index contributed by atoms with van der Waals surface area (Å²) in [6.07, 6.45) is 2.50. The molecule has 0 spiro atoms. The Morgan fingerprint density at radius 3 is 2.53 bits per heavy atom. The van der Waals surface area contributed by atoms with Gasteiger partial charge in [0.05, 0.1) is 34.8 Å². The largest absolute Gasteiger partial charge is 0.493 e. The molecule has 0 fully saturated rings. The number of nitrogens with zero attached hydrogens (tertiary/aromatic N) is 4. The van der Waals surface area contributed by atoms with Crippen molar-refractivity contribution in [2.24, 2.45) is 4.99 Å². The maximum atomic E-state index is 14.2. The number of carbonyl (C=O) groups excluding carboxylic acids is 2. The molecule has 5 rings (SSSR count). The van der Waals surface area contributed by atoms with Crippen LogP contribution in [0.3, 0.4) is 0 Å². The molecule has 0 bridgehead atoms. The number of ether oxygens (including phenoxy) is 2. The SMILES string of the molecule is CC.CCOc1cc(Cl)cc(Cl)c1C1=NC(NC(=O)c2cc(F)cnc2OCc2ncccn2)C(=O)Nc2ccccc21. The first kappa shape index (κ1) is 31.3. The zero-order chi connectivity index (χ0) is 30.9. The second kappa shape index (κ2) is 14.5. The number of para-hydroxylation sites is 1. The van der Waals surface area contributed by atoms with Crippen LogP contribution in [0.1, 0.15) is 48.1 Å². The summed E-state index contributed by atoms with van der Waals surface area (Å²) in [6, 6.07) is 12.6. The molecule has 10 nitrogen and oxygen atoms in total. The summed E-state index contributed by atoms with van der Waals surface area (Å²) in [6.45, 7) is 5.97. The van der Waals surface area contributed by atoms with E-state index in [9.17, 15) is 14.0 Å². The number of carbonyl (C=O) groups is 2. The lowest BCUT2D eigenvalue weighted by Gasteiger charge is -2.17. The quantitative estimate of drug-likeness (QED) is 0.251. The van der Waals surface area contributed by atoms with Crippen LogP contribution in [0.2, 0.25) is 10.0 Å². The molecule has 13 heteroatoms. The Kier molecular flexibility index (Phi) is 10.6. The number of aliphatic imine (C=N–C) groups is 1. The first-order valence-corrected chi connectivity index (χ1v) is 14.0. The maximum Gasteiger partial charge on any atom is 0.269 e. The predicted molar refractivity (Wildman–Crippen MR) is 162 cm³/mol. The standard InChI is InChI=1S/C28H21Cl2FN6O4.C2H6/c1-2-40-21-11-15(29)10-19(30)23(21)24-17-6-3-4-7-20(17)35-27(39)25(36-24)37-26(38)18-12-16(31)13-34-28(18)41-14-22-32-8-5-9-33-22;1-2/h3-13,25H,2,14H2,1H3,(H,35,39)(H,37,38);1-2H3. The van der Waals surface area contributed by atoms with Crippen LogP contribution in [0, 0.1) is 5.82 Å². The van der Waals surface area contributed by atoms with Crippen LogP contribution in [-0.4, -0.2) is 45.3 Å². The first-order chi connectivity index (χ1) is 20.8. The average molecular weight is 625 g/mol. The highest BCUT2D eigenvalue weighted by Gasteiger charge is 2.31. The highest BCUT2D eigenvalue weighted by molar-refractivity contribution is 6.39. The van der Waals surface area contributed by atoms with Crippen LogP contribution in [0.25, 0.3) is 0 Å². The number of rotatable bonds is 8. The molecule has 222 valence electrons. The molecule has 0 radical (unpaired) electrons. The summed E-state index contributed by atoms with van der Waals surface area (Å²) in [5, 5.41) is 5.88. The number of pyridine rings is 1. The number of halogens is 3. The predicted octanol–water partition coefficient (Wildman–Crippen LogP) is 5.87. The maximum absolute atomic E-state index is 14.2. The van der Waals surface area contributed by atoms with Gasteiger partial charge in [-0.05, 0) is 37.3 Å². The lowest BCUT2D eigenvalue weighted by molar-refractivity contribution is -0.117. The Bertz CT molecular complexity index is 1660. The van der Waals surface area contributed by atoms with Crippen molar-refractivity contribution >= 4 is 46.4 Å². The summed E-state index contributed by atoms with van der Waals surface area (Å²) in [4.78, 5) is 43.3. The van der Waals surface area contributed by atoms with Crippen molar-refractivity contribution in [2.45, 2.75) is 33.5 Å². The van der Waals surface area contributed by atoms with Gasteiger partial charge in [-0.15, -0.1) is 0 Å². The summed E-state index contributed by atoms with van der Waals surface area (Å²) in [5.74, 6) is -1.81. The number of hydrogen-bond donors (Lipinski definition) is 2. The summed E-state index contributed by atoms with van der Waals surface area (Å²) < 4.78 is 25.6. The molecule has 2 aromatic heterocycles. The minimum absolute atomic E-state index is 0.128. The molecule has 43 heavy (non-hydrogen) atoms. The summed E-state index contributed by atoms with van der Waals surface area (Å²) in [5.41, 5.74) is 1.35. The van der Waals surface area contributed by atoms with Crippen LogP contribution >= 0.6 is 23.2 Å². The van der Waals surface area contributed by atoms with Crippen molar-refractivity contribution in [1.82, 2.24) is 20.3 Å². The van der Waals surface area contributed by atoms with Gasteiger partial charge in [-0.1, -0.05) is 55.2 Å². The number of benzene rings is 2. The minimum atomic E-state index is -1.46. The van der Waals surface area contributed by atoms with Crippen LogP contribution < -0.4 is 20.1 Å². The monoisotopic (exact) mass is 624 g/mol. The van der Waals surface area contributed by atoms with Crippen molar-refractivity contribution in [3.05, 3.63) is 105 Å². The van der Waals surface area contributed by atoms with E-state index in [1.165, 1.54) is 18.5 Å². The Hall–Kier alpha value is -4.61. The highest BCUT2D eigenvalue weighted by atomic mass is 35.5. The van der Waals surface area contributed by atoms with Crippen molar-refractivity contribution in [2.75, 3.05) is 11.9 Å². The Morgan fingerprint density at radius 1 is 1.05 bits per heavy atom. The number of aromatic nitrogens is 3. The zero-order valence-corrected chi connectivity index (χ0v) is 24.9. The number of fused-ring (bicyclic) bond motifs is 1. The van der Waals surface area contributed by atoms with E-state index in [-0.39, 0.29) is 28.8 Å². The first-order valence-electron chi connectivity index (χ1n) is 13.3. The van der Waals surface area contributed by atoms with Crippen LogP contribution in [0.4, 0.5) is 10.1 Å². The van der Waals surface area contributed by atoms with Gasteiger partial charge in [-0.3, -0.25) is 9.59 Å². The van der Waals surface area contributed by atoms with Crippen molar-refractivity contribution in [3.63, 3.8) is 0 Å². The number of nitrogens with one attached hydrogen (secondary N) is 2. The van der Waals surface area contributed by atoms with E-state index in [4.69, 9.17) is 32.7 Å². The lowest BCUT2D eigenvalue weighted by atomic mass is 9.99. The fourth-order valence-electron chi connectivity index (χ4n) is 4.05. The van der Waals surface area contributed by atoms with Gasteiger partial charge in [-0.2, -0.15) is 0 Å². The van der Waals surface area contributed by atoms with E-state index in [2.05, 4.69) is 30.6 Å². The molecule has 2 amide bonds. The van der Waals surface area contributed by atoms with Crippen molar-refractivity contribution < 1.29 is 23.5 Å². The van der Waals surface area contributed by atoms with Gasteiger partial charge in [0, 0.05) is 23.0 Å². The van der Waals surface area contributed by atoms with E-state index in [0.29, 0.717) is 40.0 Å². The molecule has 0 aliphatic carbocycles. The molecule has 2 aromatic carbocycles. The van der Waals surface area contributed by atoms with Crippen LogP contribution in [-0.2, 0) is 11.4 Å². The van der Waals surface area contributed by atoms with E-state index in [0.717, 1.165) is 12.3 Å². The minimum Gasteiger partial charge on any atom is -0.493 e. The molecule has 1 atom stereocenters. The summed E-state index contributed by atoms with van der Waals surface area (Å²) >= 11 is 12.8. The molecule has 1 aliphatic heterocycles. The fraction of sp³-hybridized carbons (Fsp3) is 0.200. The van der Waals surface area contributed by atoms with Crippen LogP contribution in [0.15, 0.2) is 72.1 Å². The van der Waals surface area contributed by atoms with E-state index >= 15 is 0 Å². The third kappa shape index (κ3) is 7.43. The van der Waals surface area contributed by atoms with Gasteiger partial charge in [-0.25, -0.2) is 24.3 Å². The van der Waals surface area contributed by atoms with E-state index in [1.807, 2.05) is 13.8 Å². The molecule has 1 unspecified atom stereocenters. The van der Waals surface area contributed by atoms with E-state index in [1.54, 1.807) is 43.3 Å². The Labute approximate surface area is 257 Å². The normalized spacial score (nSPS) is 13.8. The lowest BCUT2D eigenvalue weighted by Crippen LogP contribution is -2.42. The topological polar surface area (TPSA) is 128 Å². The second-order valence-electron chi connectivity index (χ2n) is 8.54. The zero-order valence-electron chi connectivity index (χ0n) is 23.4. The van der Waals surface area contributed by atoms with Crippen LogP contribution in [0.5, 0.6) is 11.6 Å². The third-order valence-electron chi connectivity index (χ3n) is 5.79. The van der Waals surface area contributed by atoms with Gasteiger partial charge < -0.3 is 20.1 Å². The molecule has 3 heterocycles. The number of hydrogen-bond acceptors (Lipinski definition) is 8. The van der Waals surface area contributed by atoms with Gasteiger partial charge >= 0.3 is 0 Å². The fourth-order valence-corrected chi connectivity index (χ4v) is 4.61. The van der Waals surface area contributed by atoms with Gasteiger partial charge in [0.15, 0.2) is 5.82 Å². The molecule has 4 aromatic rings. The third-order valence-corrected chi connectivity index (χ3v) is 6.31. The molecule has 0 saturated carbocycles. The Morgan fingerprint density at radius 2 is 1.79 bits per heavy atom. The Balaban J connectivity index is 0.00000207. The van der Waals surface area contributed by atoms with Gasteiger partial charge in [0.1, 0.15) is 23.7 Å². The average Bonchev–Trinajstić information content (AvgIpc) is 3.13. The van der Waals surface area contributed by atoms with Gasteiger partial charge in [0.2, 0.25) is 12.0 Å². The number of amides is 2. The van der Waals surface area contributed by atoms with Crippen molar-refractivity contribution in [1.29, 1.82) is 0 Å². The molecule has 0 saturated heterocycles. The summed E-state index contributed by atoms with van der Waals surface area (Å²) in [7, 11) is 0. The number of benzodiazepines with no additional fused rings is 1. The molecule has 1 aliphatic rings.